The minimum Gasteiger partial charge on any atom is -0.303 e. The third-order valence-electron chi connectivity index (χ3n) is 3.81. The van der Waals surface area contributed by atoms with E-state index in [0.29, 0.717) is 17.8 Å². The van der Waals surface area contributed by atoms with Crippen LogP contribution in [0.4, 0.5) is 0 Å². The topological polar surface area (TPSA) is 17.1 Å². The van der Waals surface area contributed by atoms with Crippen LogP contribution in [0, 0.1) is 23.7 Å². The van der Waals surface area contributed by atoms with E-state index in [1.807, 2.05) is 0 Å². The maximum atomic E-state index is 10.9. The lowest BCUT2D eigenvalue weighted by atomic mass is 9.64. The van der Waals surface area contributed by atoms with Gasteiger partial charge in [0.05, 0.1) is 0 Å². The van der Waals surface area contributed by atoms with Crippen LogP contribution in [-0.2, 0) is 4.79 Å². The number of aldehydes is 1. The molecule has 0 radical (unpaired) electrons. The van der Waals surface area contributed by atoms with E-state index in [9.17, 15) is 4.79 Å². The molecular formula is C12H18O. The Morgan fingerprint density at radius 2 is 2.23 bits per heavy atom. The first-order chi connectivity index (χ1) is 6.33. The van der Waals surface area contributed by atoms with E-state index in [1.165, 1.54) is 25.5 Å². The molecule has 2 rings (SSSR count). The molecule has 0 N–H and O–H groups in total. The predicted molar refractivity (Wildman–Crippen MR) is 53.3 cm³/mol. The number of allylic oxidation sites excluding steroid dienone is 2. The second kappa shape index (κ2) is 3.65. The lowest BCUT2D eigenvalue weighted by Crippen LogP contribution is -2.34. The first kappa shape index (κ1) is 8.98. The number of rotatable bonds is 1. The van der Waals surface area contributed by atoms with Gasteiger partial charge in [-0.1, -0.05) is 31.9 Å². The van der Waals surface area contributed by atoms with Crippen LogP contribution in [0.5, 0.6) is 0 Å². The van der Waals surface area contributed by atoms with Gasteiger partial charge in [-0.25, -0.2) is 0 Å². The second-order valence-electron chi connectivity index (χ2n) is 4.61. The SMILES string of the molecule is C[C@H]1CCC[C@@H]2C=CC[C@@H](C=O)[C@@H]12. The average molecular weight is 178 g/mol. The summed E-state index contributed by atoms with van der Waals surface area (Å²) in [6, 6.07) is 0. The van der Waals surface area contributed by atoms with Gasteiger partial charge in [0.15, 0.2) is 0 Å². The lowest BCUT2D eigenvalue weighted by molar-refractivity contribution is -0.114. The fourth-order valence-electron chi connectivity index (χ4n) is 3.16. The van der Waals surface area contributed by atoms with Crippen LogP contribution >= 0.6 is 0 Å². The number of carbonyl (C=O) groups excluding carboxylic acids is 1. The Bertz CT molecular complexity index is 219. The molecule has 1 nitrogen and oxygen atoms in total. The molecule has 1 saturated carbocycles. The fraction of sp³-hybridized carbons (Fsp3) is 0.750. The van der Waals surface area contributed by atoms with Crippen LogP contribution in [0.1, 0.15) is 32.6 Å². The molecule has 0 heterocycles. The summed E-state index contributed by atoms with van der Waals surface area (Å²) >= 11 is 0. The number of hydrogen-bond acceptors (Lipinski definition) is 1. The molecule has 0 spiro atoms. The minimum atomic E-state index is 0.310. The van der Waals surface area contributed by atoms with Gasteiger partial charge >= 0.3 is 0 Å². The van der Waals surface area contributed by atoms with Gasteiger partial charge in [0.25, 0.3) is 0 Å². The van der Waals surface area contributed by atoms with E-state index in [1.54, 1.807) is 0 Å². The van der Waals surface area contributed by atoms with Crippen molar-refractivity contribution in [1.29, 1.82) is 0 Å². The van der Waals surface area contributed by atoms with Crippen molar-refractivity contribution < 1.29 is 4.79 Å². The van der Waals surface area contributed by atoms with Crippen molar-refractivity contribution in [2.45, 2.75) is 32.6 Å². The van der Waals surface area contributed by atoms with E-state index in [-0.39, 0.29) is 0 Å². The van der Waals surface area contributed by atoms with Crippen LogP contribution in [0.2, 0.25) is 0 Å². The largest absolute Gasteiger partial charge is 0.303 e. The number of hydrogen-bond donors (Lipinski definition) is 0. The van der Waals surface area contributed by atoms with Crippen LogP contribution in [0.15, 0.2) is 12.2 Å². The van der Waals surface area contributed by atoms with Gasteiger partial charge in [0.1, 0.15) is 6.29 Å². The molecular weight excluding hydrogens is 160 g/mol. The highest BCUT2D eigenvalue weighted by molar-refractivity contribution is 5.55. The Morgan fingerprint density at radius 3 is 3.00 bits per heavy atom. The van der Waals surface area contributed by atoms with Crippen molar-refractivity contribution >= 4 is 6.29 Å². The Labute approximate surface area is 80.2 Å². The summed E-state index contributed by atoms with van der Waals surface area (Å²) in [6.07, 6.45) is 10.7. The normalized spacial score (nSPS) is 44.1. The monoisotopic (exact) mass is 178 g/mol. The average Bonchev–Trinajstić information content (AvgIpc) is 2.17. The molecule has 72 valence electrons. The van der Waals surface area contributed by atoms with E-state index in [0.717, 1.165) is 12.3 Å². The summed E-state index contributed by atoms with van der Waals surface area (Å²) in [4.78, 5) is 10.9. The summed E-state index contributed by atoms with van der Waals surface area (Å²) in [5.74, 6) is 2.41. The van der Waals surface area contributed by atoms with E-state index >= 15 is 0 Å². The lowest BCUT2D eigenvalue weighted by Gasteiger charge is -2.40. The molecule has 0 aromatic heterocycles. The number of carbonyl (C=O) groups is 1. The first-order valence-corrected chi connectivity index (χ1v) is 5.45. The van der Waals surface area contributed by atoms with E-state index in [4.69, 9.17) is 0 Å². The van der Waals surface area contributed by atoms with Crippen LogP contribution in [0.25, 0.3) is 0 Å². The maximum Gasteiger partial charge on any atom is 0.123 e. The highest BCUT2D eigenvalue weighted by atomic mass is 16.1. The van der Waals surface area contributed by atoms with Gasteiger partial charge in [-0.2, -0.15) is 0 Å². The molecule has 0 amide bonds. The van der Waals surface area contributed by atoms with Gasteiger partial charge in [-0.3, -0.25) is 0 Å². The first-order valence-electron chi connectivity index (χ1n) is 5.45. The molecule has 0 aliphatic heterocycles. The zero-order valence-corrected chi connectivity index (χ0v) is 8.28. The summed E-state index contributed by atoms with van der Waals surface area (Å²) in [5.41, 5.74) is 0. The summed E-state index contributed by atoms with van der Waals surface area (Å²) in [7, 11) is 0. The molecule has 0 aromatic carbocycles. The summed E-state index contributed by atoms with van der Waals surface area (Å²) < 4.78 is 0. The van der Waals surface area contributed by atoms with Crippen molar-refractivity contribution in [2.24, 2.45) is 23.7 Å². The third-order valence-corrected chi connectivity index (χ3v) is 3.81. The van der Waals surface area contributed by atoms with Gasteiger partial charge in [0, 0.05) is 5.92 Å². The quantitative estimate of drug-likeness (QED) is 0.446. The van der Waals surface area contributed by atoms with Gasteiger partial charge < -0.3 is 4.79 Å². The summed E-state index contributed by atoms with van der Waals surface area (Å²) in [6.45, 7) is 2.31. The Balaban J connectivity index is 2.18. The van der Waals surface area contributed by atoms with Crippen molar-refractivity contribution in [3.05, 3.63) is 12.2 Å². The molecule has 1 heteroatoms. The molecule has 0 unspecified atom stereocenters. The standard InChI is InChI=1S/C12H18O/c1-9-4-2-5-10-6-3-7-11(8-13)12(9)10/h3,6,8-12H,2,4-5,7H2,1H3/t9-,10+,11-,12-/m0/s1. The molecule has 1 fully saturated rings. The zero-order chi connectivity index (χ0) is 9.26. The highest BCUT2D eigenvalue weighted by Crippen LogP contribution is 2.43. The predicted octanol–water partition coefficient (Wildman–Crippen LogP) is 2.81. The Kier molecular flexibility index (Phi) is 2.52. The van der Waals surface area contributed by atoms with Gasteiger partial charge in [-0.15, -0.1) is 0 Å². The van der Waals surface area contributed by atoms with Crippen LogP contribution in [0.3, 0.4) is 0 Å². The van der Waals surface area contributed by atoms with Gasteiger partial charge in [0.2, 0.25) is 0 Å². The molecule has 0 aromatic rings. The molecule has 0 bridgehead atoms. The molecule has 0 saturated heterocycles. The van der Waals surface area contributed by atoms with E-state index in [2.05, 4.69) is 19.1 Å². The minimum absolute atomic E-state index is 0.310. The van der Waals surface area contributed by atoms with Crippen molar-refractivity contribution in [1.82, 2.24) is 0 Å². The number of fused-ring (bicyclic) bond motifs is 1. The molecule has 4 atom stereocenters. The molecule has 2 aliphatic rings. The Hall–Kier alpha value is -0.590. The van der Waals surface area contributed by atoms with Crippen molar-refractivity contribution in [3.63, 3.8) is 0 Å². The smallest absolute Gasteiger partial charge is 0.123 e. The van der Waals surface area contributed by atoms with Crippen molar-refractivity contribution in [2.75, 3.05) is 0 Å². The molecule has 2 aliphatic carbocycles. The second-order valence-corrected chi connectivity index (χ2v) is 4.61. The van der Waals surface area contributed by atoms with Crippen LogP contribution < -0.4 is 0 Å². The summed E-state index contributed by atoms with van der Waals surface area (Å²) in [5, 5.41) is 0. The van der Waals surface area contributed by atoms with Gasteiger partial charge in [-0.05, 0) is 30.6 Å². The molecule has 13 heavy (non-hydrogen) atoms. The third kappa shape index (κ3) is 1.56. The fourth-order valence-corrected chi connectivity index (χ4v) is 3.16. The highest BCUT2D eigenvalue weighted by Gasteiger charge is 2.36. The zero-order valence-electron chi connectivity index (χ0n) is 8.28. The van der Waals surface area contributed by atoms with Crippen LogP contribution in [-0.4, -0.2) is 6.29 Å². The Morgan fingerprint density at radius 1 is 1.38 bits per heavy atom. The van der Waals surface area contributed by atoms with E-state index < -0.39 is 0 Å². The maximum absolute atomic E-state index is 10.9. The van der Waals surface area contributed by atoms with Crippen molar-refractivity contribution in [3.8, 4) is 0 Å².